The lowest BCUT2D eigenvalue weighted by Gasteiger charge is -2.05. The number of hydrogen-bond donors (Lipinski definition) is 0. The van der Waals surface area contributed by atoms with E-state index in [1.54, 1.807) is 0 Å². The van der Waals surface area contributed by atoms with Crippen LogP contribution in [-0.2, 0) is 12.8 Å². The third-order valence-electron chi connectivity index (χ3n) is 4.47. The van der Waals surface area contributed by atoms with Gasteiger partial charge < -0.3 is 0 Å². The van der Waals surface area contributed by atoms with Gasteiger partial charge in [0.25, 0.3) is 0 Å². The molecule has 0 radical (unpaired) electrons. The quantitative estimate of drug-likeness (QED) is 0.440. The molecule has 0 atom stereocenters. The summed E-state index contributed by atoms with van der Waals surface area (Å²) in [6, 6.07) is 13.3. The minimum atomic E-state index is 0.978. The zero-order valence-corrected chi connectivity index (χ0v) is 14.6. The minimum absolute atomic E-state index is 0.978. The number of nitrogens with zero attached hydrogens (tertiary/aromatic N) is 1. The van der Waals surface area contributed by atoms with Crippen molar-refractivity contribution in [3.8, 4) is 0 Å². The van der Waals surface area contributed by atoms with Crippen molar-refractivity contribution in [1.82, 2.24) is 4.98 Å². The predicted octanol–water partition coefficient (Wildman–Crippen LogP) is 6.36. The van der Waals surface area contributed by atoms with E-state index < -0.39 is 0 Å². The predicted molar refractivity (Wildman–Crippen MR) is 99.8 cm³/mol. The van der Waals surface area contributed by atoms with E-state index in [4.69, 9.17) is 0 Å². The molecule has 1 aromatic heterocycles. The van der Waals surface area contributed by atoms with Crippen LogP contribution in [0.15, 0.2) is 48.8 Å². The molecule has 0 bridgehead atoms. The number of hydrogen-bond acceptors (Lipinski definition) is 1. The Morgan fingerprint density at radius 1 is 0.696 bits per heavy atom. The van der Waals surface area contributed by atoms with Gasteiger partial charge in [-0.15, -0.1) is 0 Å². The SMILES string of the molecule is CCCCCCCCCCc1ccc(Cc2cccnc2)cc1. The average Bonchev–Trinajstić information content (AvgIpc) is 2.60. The fraction of sp³-hybridized carbons (Fsp3) is 0.500. The highest BCUT2D eigenvalue weighted by Gasteiger charge is 1.98. The topological polar surface area (TPSA) is 12.9 Å². The summed E-state index contributed by atoms with van der Waals surface area (Å²) in [4.78, 5) is 4.18. The van der Waals surface area contributed by atoms with Gasteiger partial charge in [0, 0.05) is 12.4 Å². The van der Waals surface area contributed by atoms with E-state index in [-0.39, 0.29) is 0 Å². The fourth-order valence-corrected chi connectivity index (χ4v) is 3.03. The Labute approximate surface area is 142 Å². The molecule has 2 aromatic rings. The van der Waals surface area contributed by atoms with Gasteiger partial charge >= 0.3 is 0 Å². The number of benzene rings is 1. The van der Waals surface area contributed by atoms with Crippen molar-refractivity contribution in [2.24, 2.45) is 0 Å². The van der Waals surface area contributed by atoms with Crippen molar-refractivity contribution in [3.63, 3.8) is 0 Å². The summed E-state index contributed by atoms with van der Waals surface area (Å²) in [6.07, 6.45) is 17.1. The van der Waals surface area contributed by atoms with E-state index >= 15 is 0 Å². The number of aryl methyl sites for hydroxylation is 1. The van der Waals surface area contributed by atoms with Gasteiger partial charge in [-0.2, -0.15) is 0 Å². The molecule has 23 heavy (non-hydrogen) atoms. The Kier molecular flexibility index (Phi) is 8.47. The van der Waals surface area contributed by atoms with Crippen LogP contribution < -0.4 is 0 Å². The molecular formula is C22H31N. The molecule has 0 spiro atoms. The molecule has 1 nitrogen and oxygen atoms in total. The van der Waals surface area contributed by atoms with Crippen molar-refractivity contribution >= 4 is 0 Å². The molecule has 0 aliphatic carbocycles. The van der Waals surface area contributed by atoms with E-state index in [2.05, 4.69) is 42.2 Å². The Balaban J connectivity index is 1.61. The van der Waals surface area contributed by atoms with Gasteiger partial charge in [0.1, 0.15) is 0 Å². The second kappa shape index (κ2) is 11.0. The van der Waals surface area contributed by atoms with Gasteiger partial charge in [-0.3, -0.25) is 4.98 Å². The Bertz CT molecular complexity index is 515. The fourth-order valence-electron chi connectivity index (χ4n) is 3.03. The number of unbranched alkanes of at least 4 members (excludes halogenated alkanes) is 7. The molecule has 0 N–H and O–H groups in total. The van der Waals surface area contributed by atoms with Crippen LogP contribution in [0.4, 0.5) is 0 Å². The zero-order valence-electron chi connectivity index (χ0n) is 14.6. The lowest BCUT2D eigenvalue weighted by atomic mass is 10.0. The average molecular weight is 309 g/mol. The van der Waals surface area contributed by atoms with Gasteiger partial charge in [-0.25, -0.2) is 0 Å². The summed E-state index contributed by atoms with van der Waals surface area (Å²) in [5.74, 6) is 0. The van der Waals surface area contributed by atoms with Crippen LogP contribution in [0.5, 0.6) is 0 Å². The summed E-state index contributed by atoms with van der Waals surface area (Å²) < 4.78 is 0. The smallest absolute Gasteiger partial charge is 0.0303 e. The molecule has 1 heteroatoms. The van der Waals surface area contributed by atoms with Crippen LogP contribution in [-0.4, -0.2) is 4.98 Å². The van der Waals surface area contributed by atoms with Gasteiger partial charge in [0.05, 0.1) is 0 Å². The first kappa shape index (κ1) is 17.7. The summed E-state index contributed by atoms with van der Waals surface area (Å²) in [6.45, 7) is 2.28. The molecule has 124 valence electrons. The summed E-state index contributed by atoms with van der Waals surface area (Å²) in [5.41, 5.74) is 4.13. The lowest BCUT2D eigenvalue weighted by molar-refractivity contribution is 0.575. The highest BCUT2D eigenvalue weighted by Crippen LogP contribution is 2.14. The minimum Gasteiger partial charge on any atom is -0.264 e. The van der Waals surface area contributed by atoms with Crippen molar-refractivity contribution in [2.75, 3.05) is 0 Å². The molecule has 0 unspecified atom stereocenters. The van der Waals surface area contributed by atoms with E-state index in [1.165, 1.54) is 74.5 Å². The molecule has 2 rings (SSSR count). The third-order valence-corrected chi connectivity index (χ3v) is 4.47. The van der Waals surface area contributed by atoms with Crippen LogP contribution in [0.3, 0.4) is 0 Å². The summed E-state index contributed by atoms with van der Waals surface area (Å²) >= 11 is 0. The Morgan fingerprint density at radius 3 is 2.00 bits per heavy atom. The second-order valence-electron chi connectivity index (χ2n) is 6.58. The van der Waals surface area contributed by atoms with E-state index in [0.29, 0.717) is 0 Å². The molecule has 0 saturated carbocycles. The van der Waals surface area contributed by atoms with Gasteiger partial charge in [0.15, 0.2) is 0 Å². The van der Waals surface area contributed by atoms with Gasteiger partial charge in [-0.05, 0) is 42.0 Å². The molecule has 0 amide bonds. The number of aromatic nitrogens is 1. The maximum atomic E-state index is 4.18. The Hall–Kier alpha value is -1.63. The maximum absolute atomic E-state index is 4.18. The first-order chi connectivity index (χ1) is 11.4. The lowest BCUT2D eigenvalue weighted by Crippen LogP contribution is -1.91. The molecule has 0 aliphatic rings. The summed E-state index contributed by atoms with van der Waals surface area (Å²) in [5, 5.41) is 0. The molecule has 1 aromatic carbocycles. The molecule has 0 saturated heterocycles. The monoisotopic (exact) mass is 309 g/mol. The largest absolute Gasteiger partial charge is 0.264 e. The molecule has 0 aliphatic heterocycles. The van der Waals surface area contributed by atoms with Crippen molar-refractivity contribution < 1.29 is 0 Å². The number of pyridine rings is 1. The van der Waals surface area contributed by atoms with Crippen LogP contribution in [0, 0.1) is 0 Å². The molecular weight excluding hydrogens is 278 g/mol. The maximum Gasteiger partial charge on any atom is 0.0303 e. The standard InChI is InChI=1S/C22H31N/c1-2-3-4-5-6-7-8-9-11-20-13-15-21(16-14-20)18-22-12-10-17-23-19-22/h10,12-17,19H,2-9,11,18H2,1H3. The van der Waals surface area contributed by atoms with E-state index in [0.717, 1.165) is 6.42 Å². The van der Waals surface area contributed by atoms with Crippen LogP contribution in [0.1, 0.15) is 75.0 Å². The summed E-state index contributed by atoms with van der Waals surface area (Å²) in [7, 11) is 0. The third kappa shape index (κ3) is 7.45. The second-order valence-corrected chi connectivity index (χ2v) is 6.58. The Morgan fingerprint density at radius 2 is 1.35 bits per heavy atom. The molecule has 0 fully saturated rings. The van der Waals surface area contributed by atoms with Crippen LogP contribution in [0.25, 0.3) is 0 Å². The van der Waals surface area contributed by atoms with Crippen molar-refractivity contribution in [2.45, 2.75) is 71.1 Å². The first-order valence-corrected chi connectivity index (χ1v) is 9.35. The van der Waals surface area contributed by atoms with Crippen LogP contribution in [0.2, 0.25) is 0 Å². The van der Waals surface area contributed by atoms with Crippen molar-refractivity contribution in [1.29, 1.82) is 0 Å². The highest BCUT2D eigenvalue weighted by atomic mass is 14.6. The van der Waals surface area contributed by atoms with Gasteiger partial charge in [-0.1, -0.05) is 82.2 Å². The zero-order chi connectivity index (χ0) is 16.2. The van der Waals surface area contributed by atoms with E-state index in [1.807, 2.05) is 18.5 Å². The number of rotatable bonds is 11. The molecule has 1 heterocycles. The van der Waals surface area contributed by atoms with Gasteiger partial charge in [0.2, 0.25) is 0 Å². The first-order valence-electron chi connectivity index (χ1n) is 9.35. The van der Waals surface area contributed by atoms with Crippen LogP contribution >= 0.6 is 0 Å². The highest BCUT2D eigenvalue weighted by molar-refractivity contribution is 5.27. The normalized spacial score (nSPS) is 10.8. The van der Waals surface area contributed by atoms with Crippen molar-refractivity contribution in [3.05, 3.63) is 65.5 Å². The van der Waals surface area contributed by atoms with E-state index in [9.17, 15) is 0 Å².